The minimum Gasteiger partial charge on any atom is -0.489 e. The second-order valence-electron chi connectivity index (χ2n) is 3.55. The van der Waals surface area contributed by atoms with Crippen LogP contribution in [0.1, 0.15) is 19.4 Å². The third-order valence-electron chi connectivity index (χ3n) is 1.77. The van der Waals surface area contributed by atoms with Gasteiger partial charge in [-0.1, -0.05) is 41.7 Å². The van der Waals surface area contributed by atoms with Gasteiger partial charge in [0.05, 0.1) is 6.26 Å². The van der Waals surface area contributed by atoms with Gasteiger partial charge >= 0.3 is 0 Å². The molecule has 0 atom stereocenters. The van der Waals surface area contributed by atoms with Crippen molar-refractivity contribution in [2.24, 2.45) is 0 Å². The first kappa shape index (κ1) is 12.1. The molecule has 0 heterocycles. The van der Waals surface area contributed by atoms with Crippen molar-refractivity contribution in [1.29, 1.82) is 0 Å². The normalized spacial score (nSPS) is 9.38. The van der Waals surface area contributed by atoms with Gasteiger partial charge in [-0.05, 0) is 32.1 Å². The van der Waals surface area contributed by atoms with E-state index in [-0.39, 0.29) is 0 Å². The Labute approximate surface area is 97.4 Å². The van der Waals surface area contributed by atoms with Gasteiger partial charge in [0.1, 0.15) is 6.61 Å². The topological polar surface area (TPSA) is 9.23 Å². The van der Waals surface area contributed by atoms with Crippen LogP contribution in [0, 0.1) is 11.8 Å². The Morgan fingerprint density at radius 1 is 1.25 bits per heavy atom. The highest BCUT2D eigenvalue weighted by atomic mass is 16.5. The number of hydrogen-bond donors (Lipinski definition) is 0. The fourth-order valence-corrected chi connectivity index (χ4v) is 1.04. The standard InChI is InChI=1S/C15H16O/c1-14(2)8-6-12-16-13-7-11-15-9-4-3-5-10-15/h3-6,8-10,12H,13H2,1-2H3/b12-6+. The summed E-state index contributed by atoms with van der Waals surface area (Å²) in [5.41, 5.74) is 2.26. The van der Waals surface area contributed by atoms with Crippen LogP contribution in [0.25, 0.3) is 0 Å². The smallest absolute Gasteiger partial charge is 0.148 e. The Balaban J connectivity index is 2.29. The molecule has 1 nitrogen and oxygen atoms in total. The van der Waals surface area contributed by atoms with Crippen molar-refractivity contribution >= 4 is 0 Å². The SMILES string of the molecule is CC(C)=C/C=C/OCC#Cc1ccccc1. The van der Waals surface area contributed by atoms with Gasteiger partial charge in [-0.2, -0.15) is 0 Å². The van der Waals surface area contributed by atoms with Crippen LogP contribution in [0.3, 0.4) is 0 Å². The largest absolute Gasteiger partial charge is 0.489 e. The number of allylic oxidation sites excluding steroid dienone is 3. The summed E-state index contributed by atoms with van der Waals surface area (Å²) in [6.07, 6.45) is 5.52. The van der Waals surface area contributed by atoms with Crippen LogP contribution in [0.4, 0.5) is 0 Å². The first-order valence-corrected chi connectivity index (χ1v) is 5.24. The van der Waals surface area contributed by atoms with Crippen LogP contribution in [-0.4, -0.2) is 6.61 Å². The lowest BCUT2D eigenvalue weighted by molar-refractivity contribution is 0.296. The molecule has 0 saturated heterocycles. The molecule has 0 bridgehead atoms. The molecule has 0 aliphatic rings. The lowest BCUT2D eigenvalue weighted by Gasteiger charge is -1.91. The second-order valence-corrected chi connectivity index (χ2v) is 3.55. The van der Waals surface area contributed by atoms with E-state index in [9.17, 15) is 0 Å². The minimum absolute atomic E-state index is 0.419. The van der Waals surface area contributed by atoms with Gasteiger partial charge in [0.15, 0.2) is 0 Å². The molecule has 0 aromatic heterocycles. The summed E-state index contributed by atoms with van der Waals surface area (Å²) in [7, 11) is 0. The van der Waals surface area contributed by atoms with Gasteiger partial charge in [0.25, 0.3) is 0 Å². The average Bonchev–Trinajstić information content (AvgIpc) is 2.29. The van der Waals surface area contributed by atoms with Crippen molar-refractivity contribution in [3.8, 4) is 11.8 Å². The zero-order valence-electron chi connectivity index (χ0n) is 9.73. The van der Waals surface area contributed by atoms with Crippen LogP contribution in [0.15, 0.2) is 54.3 Å². The molecule has 1 aromatic carbocycles. The summed E-state index contributed by atoms with van der Waals surface area (Å²) in [5.74, 6) is 5.97. The molecule has 1 aromatic rings. The van der Waals surface area contributed by atoms with Crippen LogP contribution in [0.5, 0.6) is 0 Å². The fourth-order valence-electron chi connectivity index (χ4n) is 1.04. The molecule has 0 amide bonds. The van der Waals surface area contributed by atoms with Gasteiger partial charge in [-0.25, -0.2) is 0 Å². The van der Waals surface area contributed by atoms with Crippen molar-refractivity contribution in [3.63, 3.8) is 0 Å². The summed E-state index contributed by atoms with van der Waals surface area (Å²) < 4.78 is 5.21. The number of benzene rings is 1. The van der Waals surface area contributed by atoms with Crippen LogP contribution in [-0.2, 0) is 4.74 Å². The van der Waals surface area contributed by atoms with E-state index in [1.165, 1.54) is 5.57 Å². The third-order valence-corrected chi connectivity index (χ3v) is 1.77. The lowest BCUT2D eigenvalue weighted by Crippen LogP contribution is -1.81. The molecular formula is C15H16O. The zero-order valence-corrected chi connectivity index (χ0v) is 9.73. The van der Waals surface area contributed by atoms with Gasteiger partial charge in [-0.3, -0.25) is 0 Å². The monoisotopic (exact) mass is 212 g/mol. The summed E-state index contributed by atoms with van der Waals surface area (Å²) >= 11 is 0. The van der Waals surface area contributed by atoms with Crippen molar-refractivity contribution in [2.75, 3.05) is 6.61 Å². The van der Waals surface area contributed by atoms with Crippen molar-refractivity contribution in [1.82, 2.24) is 0 Å². The van der Waals surface area contributed by atoms with E-state index in [1.54, 1.807) is 6.26 Å². The van der Waals surface area contributed by atoms with E-state index in [2.05, 4.69) is 11.8 Å². The quantitative estimate of drug-likeness (QED) is 0.322. The highest BCUT2D eigenvalue weighted by molar-refractivity contribution is 5.33. The molecule has 0 aliphatic heterocycles. The highest BCUT2D eigenvalue weighted by Crippen LogP contribution is 1.94. The Kier molecular flexibility index (Phi) is 5.58. The molecule has 82 valence electrons. The molecule has 0 fully saturated rings. The van der Waals surface area contributed by atoms with Crippen LogP contribution < -0.4 is 0 Å². The summed E-state index contributed by atoms with van der Waals surface area (Å²) in [6.45, 7) is 4.50. The zero-order chi connectivity index (χ0) is 11.6. The molecule has 0 unspecified atom stereocenters. The predicted molar refractivity (Wildman–Crippen MR) is 67.8 cm³/mol. The van der Waals surface area contributed by atoms with Gasteiger partial charge in [0, 0.05) is 5.56 Å². The predicted octanol–water partition coefficient (Wildman–Crippen LogP) is 3.53. The van der Waals surface area contributed by atoms with Gasteiger partial charge in [-0.15, -0.1) is 0 Å². The van der Waals surface area contributed by atoms with E-state index in [1.807, 2.05) is 56.3 Å². The first-order chi connectivity index (χ1) is 7.79. The van der Waals surface area contributed by atoms with E-state index < -0.39 is 0 Å². The summed E-state index contributed by atoms with van der Waals surface area (Å²) in [4.78, 5) is 0. The van der Waals surface area contributed by atoms with Crippen molar-refractivity contribution in [2.45, 2.75) is 13.8 Å². The van der Waals surface area contributed by atoms with Gasteiger partial charge < -0.3 is 4.74 Å². The average molecular weight is 212 g/mol. The second kappa shape index (κ2) is 7.36. The van der Waals surface area contributed by atoms with Gasteiger partial charge in [0.2, 0.25) is 0 Å². The third kappa shape index (κ3) is 5.72. The molecule has 0 N–H and O–H groups in total. The maximum atomic E-state index is 5.21. The maximum Gasteiger partial charge on any atom is 0.148 e. The van der Waals surface area contributed by atoms with Crippen molar-refractivity contribution < 1.29 is 4.74 Å². The molecule has 1 heteroatoms. The van der Waals surface area contributed by atoms with E-state index in [0.29, 0.717) is 6.61 Å². The minimum atomic E-state index is 0.419. The summed E-state index contributed by atoms with van der Waals surface area (Å²) in [6, 6.07) is 9.88. The lowest BCUT2D eigenvalue weighted by atomic mass is 10.2. The molecule has 0 saturated carbocycles. The first-order valence-electron chi connectivity index (χ1n) is 5.24. The Morgan fingerprint density at radius 3 is 2.69 bits per heavy atom. The summed E-state index contributed by atoms with van der Waals surface area (Å²) in [5, 5.41) is 0. The molecular weight excluding hydrogens is 196 g/mol. The Hall–Kier alpha value is -1.94. The van der Waals surface area contributed by atoms with E-state index in [4.69, 9.17) is 4.74 Å². The Bertz CT molecular complexity index is 412. The van der Waals surface area contributed by atoms with E-state index in [0.717, 1.165) is 5.56 Å². The Morgan fingerprint density at radius 2 is 2.00 bits per heavy atom. The maximum absolute atomic E-state index is 5.21. The van der Waals surface area contributed by atoms with Crippen LogP contribution >= 0.6 is 0 Å². The molecule has 1 rings (SSSR count). The van der Waals surface area contributed by atoms with Crippen molar-refractivity contribution in [3.05, 3.63) is 59.9 Å². The van der Waals surface area contributed by atoms with Crippen LogP contribution in [0.2, 0.25) is 0 Å². The molecule has 0 spiro atoms. The highest BCUT2D eigenvalue weighted by Gasteiger charge is 1.80. The van der Waals surface area contributed by atoms with E-state index >= 15 is 0 Å². The number of hydrogen-bond acceptors (Lipinski definition) is 1. The molecule has 16 heavy (non-hydrogen) atoms. The number of ether oxygens (including phenoxy) is 1. The number of rotatable bonds is 3. The molecule has 0 radical (unpaired) electrons. The molecule has 0 aliphatic carbocycles. The fraction of sp³-hybridized carbons (Fsp3) is 0.200.